The van der Waals surface area contributed by atoms with Crippen LogP contribution in [-0.4, -0.2) is 47.9 Å². The van der Waals surface area contributed by atoms with E-state index in [-0.39, 0.29) is 11.9 Å². The second kappa shape index (κ2) is 8.73. The fraction of sp³-hybridized carbons (Fsp3) is 0.238. The van der Waals surface area contributed by atoms with Gasteiger partial charge in [0.25, 0.3) is 0 Å². The highest BCUT2D eigenvalue weighted by molar-refractivity contribution is 6.30. The van der Waals surface area contributed by atoms with E-state index in [1.54, 1.807) is 34.1 Å². The number of benzene rings is 2. The number of urea groups is 1. The predicted molar refractivity (Wildman–Crippen MR) is 109 cm³/mol. The van der Waals surface area contributed by atoms with E-state index >= 15 is 0 Å². The quantitative estimate of drug-likeness (QED) is 0.813. The van der Waals surface area contributed by atoms with Gasteiger partial charge in [0, 0.05) is 43.0 Å². The molecule has 27 heavy (non-hydrogen) atoms. The van der Waals surface area contributed by atoms with Crippen LogP contribution in [0.15, 0.2) is 54.6 Å². The fourth-order valence-electron chi connectivity index (χ4n) is 2.94. The van der Waals surface area contributed by atoms with Crippen LogP contribution in [0.1, 0.15) is 11.1 Å². The number of nitrogens with one attached hydrogen (secondary N) is 1. The third-order valence-electron chi connectivity index (χ3n) is 4.41. The molecular formula is C21H22ClN3O2. The molecule has 1 aliphatic heterocycles. The molecule has 0 spiro atoms. The number of carbonyl (C=O) groups excluding carboxylic acids is 2. The predicted octanol–water partition coefficient (Wildman–Crippen LogP) is 4.04. The van der Waals surface area contributed by atoms with Crippen LogP contribution in [0.5, 0.6) is 0 Å². The summed E-state index contributed by atoms with van der Waals surface area (Å²) in [5.74, 6) is -0.0614. The lowest BCUT2D eigenvalue weighted by molar-refractivity contribution is -0.127. The molecule has 1 N–H and O–H groups in total. The van der Waals surface area contributed by atoms with Crippen LogP contribution in [-0.2, 0) is 4.79 Å². The average molecular weight is 384 g/mol. The van der Waals surface area contributed by atoms with Crippen LogP contribution in [0.3, 0.4) is 0 Å². The maximum Gasteiger partial charge on any atom is 0.321 e. The van der Waals surface area contributed by atoms with Crippen molar-refractivity contribution in [3.8, 4) is 0 Å². The summed E-state index contributed by atoms with van der Waals surface area (Å²) in [5.41, 5.74) is 2.75. The second-order valence-electron chi connectivity index (χ2n) is 6.50. The Morgan fingerprint density at radius 3 is 2.41 bits per heavy atom. The zero-order chi connectivity index (χ0) is 19.2. The molecule has 0 unspecified atom stereocenters. The normalized spacial score (nSPS) is 14.4. The SMILES string of the molecule is Cc1cccc(NC(=O)N2CCN(C(=O)/C=C\c3cccc(Cl)c3)CC2)c1. The highest BCUT2D eigenvalue weighted by atomic mass is 35.5. The molecule has 3 rings (SSSR count). The minimum absolute atomic E-state index is 0.0614. The van der Waals surface area contributed by atoms with E-state index in [0.29, 0.717) is 31.2 Å². The number of amides is 3. The van der Waals surface area contributed by atoms with Crippen molar-refractivity contribution in [1.82, 2.24) is 9.80 Å². The van der Waals surface area contributed by atoms with Gasteiger partial charge >= 0.3 is 6.03 Å². The lowest BCUT2D eigenvalue weighted by Crippen LogP contribution is -2.51. The van der Waals surface area contributed by atoms with E-state index < -0.39 is 0 Å². The number of aryl methyl sites for hydroxylation is 1. The minimum Gasteiger partial charge on any atom is -0.336 e. The number of piperazine rings is 1. The average Bonchev–Trinajstić information content (AvgIpc) is 2.66. The van der Waals surface area contributed by atoms with E-state index in [1.165, 1.54) is 0 Å². The van der Waals surface area contributed by atoms with Gasteiger partial charge in [0.2, 0.25) is 5.91 Å². The van der Waals surface area contributed by atoms with E-state index in [1.807, 2.05) is 43.3 Å². The van der Waals surface area contributed by atoms with Crippen LogP contribution in [0.4, 0.5) is 10.5 Å². The third kappa shape index (κ3) is 5.34. The van der Waals surface area contributed by atoms with E-state index in [9.17, 15) is 9.59 Å². The summed E-state index contributed by atoms with van der Waals surface area (Å²) in [6.45, 7) is 4.03. The number of anilines is 1. The molecule has 0 saturated carbocycles. The lowest BCUT2D eigenvalue weighted by atomic mass is 10.2. The van der Waals surface area contributed by atoms with Crippen LogP contribution in [0.2, 0.25) is 5.02 Å². The Balaban J connectivity index is 1.50. The molecule has 1 fully saturated rings. The van der Waals surface area contributed by atoms with Gasteiger partial charge in [0.15, 0.2) is 0 Å². The number of hydrogen-bond acceptors (Lipinski definition) is 2. The van der Waals surface area contributed by atoms with Crippen molar-refractivity contribution in [2.24, 2.45) is 0 Å². The van der Waals surface area contributed by atoms with Gasteiger partial charge in [-0.25, -0.2) is 4.79 Å². The molecular weight excluding hydrogens is 362 g/mol. The van der Waals surface area contributed by atoms with Gasteiger partial charge in [-0.05, 0) is 48.4 Å². The van der Waals surface area contributed by atoms with Crippen molar-refractivity contribution in [2.45, 2.75) is 6.92 Å². The van der Waals surface area contributed by atoms with Crippen molar-refractivity contribution >= 4 is 35.3 Å². The first-order chi connectivity index (χ1) is 13.0. The molecule has 5 nitrogen and oxygen atoms in total. The molecule has 140 valence electrons. The first kappa shape index (κ1) is 19.0. The van der Waals surface area contributed by atoms with Gasteiger partial charge in [0.05, 0.1) is 0 Å². The number of carbonyl (C=O) groups is 2. The Labute approximate surface area is 164 Å². The monoisotopic (exact) mass is 383 g/mol. The van der Waals surface area contributed by atoms with E-state index in [2.05, 4.69) is 5.32 Å². The van der Waals surface area contributed by atoms with Gasteiger partial charge in [-0.15, -0.1) is 0 Å². The Bertz CT molecular complexity index is 858. The molecule has 2 aromatic carbocycles. The Morgan fingerprint density at radius 2 is 1.70 bits per heavy atom. The molecule has 0 bridgehead atoms. The van der Waals surface area contributed by atoms with Gasteiger partial charge in [-0.3, -0.25) is 4.79 Å². The van der Waals surface area contributed by atoms with Crippen LogP contribution >= 0.6 is 11.6 Å². The summed E-state index contributed by atoms with van der Waals surface area (Å²) < 4.78 is 0. The minimum atomic E-state index is -0.137. The maximum atomic E-state index is 12.4. The second-order valence-corrected chi connectivity index (χ2v) is 6.94. The largest absolute Gasteiger partial charge is 0.336 e. The Hall–Kier alpha value is -2.79. The number of halogens is 1. The number of nitrogens with zero attached hydrogens (tertiary/aromatic N) is 2. The van der Waals surface area contributed by atoms with Crippen LogP contribution in [0.25, 0.3) is 6.08 Å². The summed E-state index contributed by atoms with van der Waals surface area (Å²) >= 11 is 5.95. The first-order valence-corrected chi connectivity index (χ1v) is 9.24. The summed E-state index contributed by atoms with van der Waals surface area (Å²) in [6, 6.07) is 14.9. The number of rotatable bonds is 3. The van der Waals surface area contributed by atoms with Crippen LogP contribution < -0.4 is 5.32 Å². The van der Waals surface area contributed by atoms with Gasteiger partial charge in [-0.1, -0.05) is 35.9 Å². The maximum absolute atomic E-state index is 12.4. The zero-order valence-corrected chi connectivity index (χ0v) is 15.9. The van der Waals surface area contributed by atoms with E-state index in [4.69, 9.17) is 11.6 Å². The zero-order valence-electron chi connectivity index (χ0n) is 15.2. The topological polar surface area (TPSA) is 52.7 Å². The van der Waals surface area contributed by atoms with Crippen molar-refractivity contribution in [3.05, 3.63) is 70.8 Å². The molecule has 0 aromatic heterocycles. The molecule has 1 heterocycles. The van der Waals surface area contributed by atoms with Gasteiger partial charge in [-0.2, -0.15) is 0 Å². The standard InChI is InChI=1S/C21H22ClN3O2/c1-16-4-2-7-19(14-16)23-21(27)25-12-10-24(11-13-25)20(26)9-8-17-5-3-6-18(22)15-17/h2-9,14-15H,10-13H2,1H3,(H,23,27)/b9-8-. The Kier molecular flexibility index (Phi) is 6.14. The smallest absolute Gasteiger partial charge is 0.321 e. The highest BCUT2D eigenvalue weighted by Crippen LogP contribution is 2.13. The Morgan fingerprint density at radius 1 is 1.00 bits per heavy atom. The molecule has 0 aliphatic carbocycles. The first-order valence-electron chi connectivity index (χ1n) is 8.86. The highest BCUT2D eigenvalue weighted by Gasteiger charge is 2.23. The summed E-state index contributed by atoms with van der Waals surface area (Å²) in [4.78, 5) is 28.2. The van der Waals surface area contributed by atoms with Crippen molar-refractivity contribution < 1.29 is 9.59 Å². The molecule has 1 aliphatic rings. The molecule has 0 radical (unpaired) electrons. The van der Waals surface area contributed by atoms with Crippen molar-refractivity contribution in [2.75, 3.05) is 31.5 Å². The van der Waals surface area contributed by atoms with Gasteiger partial charge in [0.1, 0.15) is 0 Å². The lowest BCUT2D eigenvalue weighted by Gasteiger charge is -2.34. The molecule has 0 atom stereocenters. The summed E-state index contributed by atoms with van der Waals surface area (Å²) in [7, 11) is 0. The molecule has 2 aromatic rings. The summed E-state index contributed by atoms with van der Waals surface area (Å²) in [5, 5.41) is 3.54. The van der Waals surface area contributed by atoms with Gasteiger partial charge < -0.3 is 15.1 Å². The number of hydrogen-bond donors (Lipinski definition) is 1. The van der Waals surface area contributed by atoms with Crippen molar-refractivity contribution in [3.63, 3.8) is 0 Å². The molecule has 1 saturated heterocycles. The van der Waals surface area contributed by atoms with Crippen molar-refractivity contribution in [1.29, 1.82) is 0 Å². The van der Waals surface area contributed by atoms with E-state index in [0.717, 1.165) is 16.8 Å². The third-order valence-corrected chi connectivity index (χ3v) is 4.65. The summed E-state index contributed by atoms with van der Waals surface area (Å²) in [6.07, 6.45) is 3.30. The molecule has 3 amide bonds. The molecule has 6 heteroatoms. The fourth-order valence-corrected chi connectivity index (χ4v) is 3.14. The van der Waals surface area contributed by atoms with Crippen LogP contribution in [0, 0.1) is 6.92 Å².